The Balaban J connectivity index is 2.36. The molecule has 0 aliphatic rings. The minimum atomic E-state index is -0.566. The van der Waals surface area contributed by atoms with Gasteiger partial charge < -0.3 is 9.84 Å². The topological polar surface area (TPSA) is 90.4 Å². The molecule has 7 heteroatoms. The lowest BCUT2D eigenvalue weighted by Crippen LogP contribution is -1.95. The van der Waals surface area contributed by atoms with Gasteiger partial charge in [-0.1, -0.05) is 18.2 Å². The highest BCUT2D eigenvalue weighted by Gasteiger charge is 2.21. The minimum Gasteiger partial charge on any atom is -0.432 e. The summed E-state index contributed by atoms with van der Waals surface area (Å²) in [6.07, 6.45) is 1.26. The quantitative estimate of drug-likeness (QED) is 0.656. The van der Waals surface area contributed by atoms with Crippen LogP contribution in [0.5, 0.6) is 11.6 Å². The number of hydrogen-bond donors (Lipinski definition) is 1. The number of aryl methyl sites for hydroxylation is 1. The van der Waals surface area contributed by atoms with Crippen LogP contribution in [0.25, 0.3) is 0 Å². The van der Waals surface area contributed by atoms with E-state index in [9.17, 15) is 10.1 Å². The van der Waals surface area contributed by atoms with Gasteiger partial charge in [-0.2, -0.15) is 0 Å². The Morgan fingerprint density at radius 2 is 2.22 bits per heavy atom. The first-order chi connectivity index (χ1) is 8.61. The molecule has 0 aliphatic carbocycles. The van der Waals surface area contributed by atoms with Crippen LogP contribution in [0.15, 0.2) is 30.5 Å². The Kier molecular flexibility index (Phi) is 3.24. The van der Waals surface area contributed by atoms with E-state index in [1.165, 1.54) is 10.9 Å². The summed E-state index contributed by atoms with van der Waals surface area (Å²) in [5.74, 6) is 0.255. The highest BCUT2D eigenvalue weighted by molar-refractivity contribution is 5.43. The van der Waals surface area contributed by atoms with Gasteiger partial charge in [-0.25, -0.2) is 0 Å². The molecule has 0 unspecified atom stereocenters. The summed E-state index contributed by atoms with van der Waals surface area (Å²) in [5, 5.41) is 23.8. The first-order valence-corrected chi connectivity index (χ1v) is 5.16. The van der Waals surface area contributed by atoms with Crippen molar-refractivity contribution in [2.24, 2.45) is 7.05 Å². The summed E-state index contributed by atoms with van der Waals surface area (Å²) >= 11 is 0. The summed E-state index contributed by atoms with van der Waals surface area (Å²) in [7, 11) is 1.57. The summed E-state index contributed by atoms with van der Waals surface area (Å²) in [4.78, 5) is 10.2. The third-order valence-electron chi connectivity index (χ3n) is 2.32. The molecule has 0 fully saturated rings. The standard InChI is InChI=1S/C11H11N3O4/c1-13-6-9(14(16)17)11(12-13)18-10-5-3-2-4-8(10)7-15/h2-6,15H,7H2,1H3. The lowest BCUT2D eigenvalue weighted by molar-refractivity contribution is -0.385. The van der Waals surface area contributed by atoms with Crippen molar-refractivity contribution in [1.82, 2.24) is 9.78 Å². The number of nitrogens with zero attached hydrogens (tertiary/aromatic N) is 3. The average molecular weight is 249 g/mol. The Hall–Kier alpha value is -2.41. The maximum Gasteiger partial charge on any atom is 0.350 e. The highest BCUT2D eigenvalue weighted by atomic mass is 16.6. The van der Waals surface area contributed by atoms with Gasteiger partial charge in [-0.3, -0.25) is 14.8 Å². The van der Waals surface area contributed by atoms with Crippen molar-refractivity contribution in [3.8, 4) is 11.6 Å². The third kappa shape index (κ3) is 2.30. The van der Waals surface area contributed by atoms with Gasteiger partial charge in [-0.05, 0) is 6.07 Å². The average Bonchev–Trinajstić information content (AvgIpc) is 2.71. The highest BCUT2D eigenvalue weighted by Crippen LogP contribution is 2.31. The van der Waals surface area contributed by atoms with E-state index in [1.54, 1.807) is 31.3 Å². The molecular weight excluding hydrogens is 238 g/mol. The molecule has 2 aromatic rings. The predicted octanol–water partition coefficient (Wildman–Crippen LogP) is 1.61. The number of ether oxygens (including phenoxy) is 1. The van der Waals surface area contributed by atoms with Gasteiger partial charge in [0.1, 0.15) is 11.9 Å². The Morgan fingerprint density at radius 1 is 1.50 bits per heavy atom. The van der Waals surface area contributed by atoms with E-state index in [-0.39, 0.29) is 18.2 Å². The van der Waals surface area contributed by atoms with Crippen LogP contribution in [0, 0.1) is 10.1 Å². The van der Waals surface area contributed by atoms with Crippen LogP contribution in [0.2, 0.25) is 0 Å². The predicted molar refractivity (Wildman–Crippen MR) is 62.3 cm³/mol. The molecule has 18 heavy (non-hydrogen) atoms. The first kappa shape index (κ1) is 12.1. The van der Waals surface area contributed by atoms with Crippen LogP contribution in [-0.2, 0) is 13.7 Å². The van der Waals surface area contributed by atoms with Gasteiger partial charge in [-0.15, -0.1) is 5.10 Å². The third-order valence-corrected chi connectivity index (χ3v) is 2.32. The molecule has 0 bridgehead atoms. The molecule has 94 valence electrons. The van der Waals surface area contributed by atoms with E-state index >= 15 is 0 Å². The number of para-hydroxylation sites is 1. The van der Waals surface area contributed by atoms with Crippen molar-refractivity contribution in [2.45, 2.75) is 6.61 Å². The van der Waals surface area contributed by atoms with E-state index in [2.05, 4.69) is 5.10 Å². The zero-order chi connectivity index (χ0) is 13.1. The SMILES string of the molecule is Cn1cc([N+](=O)[O-])c(Oc2ccccc2CO)n1. The van der Waals surface area contributed by atoms with Crippen LogP contribution in [0.4, 0.5) is 5.69 Å². The van der Waals surface area contributed by atoms with Crippen molar-refractivity contribution < 1.29 is 14.8 Å². The van der Waals surface area contributed by atoms with Crippen LogP contribution in [0.1, 0.15) is 5.56 Å². The number of benzene rings is 1. The summed E-state index contributed by atoms with van der Waals surface area (Å²) < 4.78 is 6.68. The molecule has 1 heterocycles. The zero-order valence-electron chi connectivity index (χ0n) is 9.61. The second kappa shape index (κ2) is 4.84. The number of hydrogen-bond acceptors (Lipinski definition) is 5. The monoisotopic (exact) mass is 249 g/mol. The van der Waals surface area contributed by atoms with Crippen molar-refractivity contribution in [3.63, 3.8) is 0 Å². The van der Waals surface area contributed by atoms with Crippen molar-refractivity contribution in [3.05, 3.63) is 46.1 Å². The van der Waals surface area contributed by atoms with E-state index in [0.29, 0.717) is 11.3 Å². The lowest BCUT2D eigenvalue weighted by Gasteiger charge is -2.06. The Morgan fingerprint density at radius 3 is 2.89 bits per heavy atom. The van der Waals surface area contributed by atoms with Gasteiger partial charge in [0.25, 0.3) is 0 Å². The van der Waals surface area contributed by atoms with Crippen LogP contribution in [0.3, 0.4) is 0 Å². The number of nitro groups is 1. The maximum absolute atomic E-state index is 10.8. The van der Waals surface area contributed by atoms with Gasteiger partial charge in [0.2, 0.25) is 0 Å². The fourth-order valence-corrected chi connectivity index (χ4v) is 1.49. The molecular formula is C11H11N3O4. The van der Waals surface area contributed by atoms with Crippen molar-refractivity contribution in [1.29, 1.82) is 0 Å². The second-order valence-corrected chi connectivity index (χ2v) is 3.62. The number of aliphatic hydroxyl groups excluding tert-OH is 1. The zero-order valence-corrected chi connectivity index (χ0v) is 9.61. The Bertz CT molecular complexity index is 579. The molecule has 2 rings (SSSR count). The van der Waals surface area contributed by atoms with Gasteiger partial charge >= 0.3 is 11.6 Å². The minimum absolute atomic E-state index is 0.0941. The first-order valence-electron chi connectivity index (χ1n) is 5.16. The van der Waals surface area contributed by atoms with Gasteiger partial charge in [0, 0.05) is 12.6 Å². The molecule has 1 N–H and O–H groups in total. The molecule has 0 radical (unpaired) electrons. The summed E-state index contributed by atoms with van der Waals surface area (Å²) in [6.45, 7) is -0.212. The lowest BCUT2D eigenvalue weighted by atomic mass is 10.2. The van der Waals surface area contributed by atoms with Gasteiger partial charge in [0.15, 0.2) is 0 Å². The molecule has 0 saturated carbocycles. The smallest absolute Gasteiger partial charge is 0.350 e. The fraction of sp³-hybridized carbons (Fsp3) is 0.182. The largest absolute Gasteiger partial charge is 0.432 e. The van der Waals surface area contributed by atoms with E-state index in [0.717, 1.165) is 0 Å². The molecule has 1 aromatic heterocycles. The normalized spacial score (nSPS) is 10.3. The van der Waals surface area contributed by atoms with Crippen LogP contribution in [-0.4, -0.2) is 19.8 Å². The second-order valence-electron chi connectivity index (χ2n) is 3.62. The summed E-state index contributed by atoms with van der Waals surface area (Å²) in [6, 6.07) is 6.74. The van der Waals surface area contributed by atoms with E-state index in [1.807, 2.05) is 0 Å². The van der Waals surface area contributed by atoms with Crippen LogP contribution < -0.4 is 4.74 Å². The van der Waals surface area contributed by atoms with E-state index < -0.39 is 4.92 Å². The number of aromatic nitrogens is 2. The van der Waals surface area contributed by atoms with Crippen molar-refractivity contribution >= 4 is 5.69 Å². The number of aliphatic hydroxyl groups is 1. The van der Waals surface area contributed by atoms with Gasteiger partial charge in [0.05, 0.1) is 11.5 Å². The molecule has 0 amide bonds. The summed E-state index contributed by atoms with van der Waals surface area (Å²) in [5.41, 5.74) is 0.322. The number of rotatable bonds is 4. The van der Waals surface area contributed by atoms with Crippen molar-refractivity contribution in [2.75, 3.05) is 0 Å². The molecule has 1 aromatic carbocycles. The fourth-order valence-electron chi connectivity index (χ4n) is 1.49. The molecule has 0 atom stereocenters. The van der Waals surface area contributed by atoms with Crippen LogP contribution >= 0.6 is 0 Å². The molecule has 0 aliphatic heterocycles. The Labute approximate surface area is 102 Å². The maximum atomic E-state index is 10.8. The molecule has 0 saturated heterocycles. The molecule has 0 spiro atoms. The van der Waals surface area contributed by atoms with E-state index in [4.69, 9.17) is 9.84 Å². The molecule has 7 nitrogen and oxygen atoms in total.